The first-order valence-electron chi connectivity index (χ1n) is 11.4. The summed E-state index contributed by atoms with van der Waals surface area (Å²) in [6.45, 7) is 2.12. The Morgan fingerprint density at radius 1 is 1.11 bits per heavy atom. The van der Waals surface area contributed by atoms with Crippen molar-refractivity contribution in [3.05, 3.63) is 102 Å². The maximum Gasteiger partial charge on any atom is 0.336 e. The van der Waals surface area contributed by atoms with Crippen molar-refractivity contribution >= 4 is 5.97 Å². The SMILES string of the molecule is CCOC(=O)C(O)C(Cc1cccc(F)c1)NCc1cccnc1-n1ccc(-c2ccccc2)n1. The molecular weight excluding hydrogens is 447 g/mol. The molecule has 4 aromatic rings. The number of hydrogen-bond donors (Lipinski definition) is 2. The number of nitrogens with zero attached hydrogens (tertiary/aromatic N) is 3. The van der Waals surface area contributed by atoms with Crippen LogP contribution in [0.5, 0.6) is 0 Å². The first-order chi connectivity index (χ1) is 17.0. The normalized spacial score (nSPS) is 12.8. The van der Waals surface area contributed by atoms with Gasteiger partial charge in [-0.1, -0.05) is 48.5 Å². The molecule has 0 spiro atoms. The molecule has 4 rings (SSSR count). The minimum absolute atomic E-state index is 0.151. The summed E-state index contributed by atoms with van der Waals surface area (Å²) < 4.78 is 20.4. The molecule has 0 saturated carbocycles. The molecule has 0 bridgehead atoms. The number of carbonyl (C=O) groups excluding carboxylic acids is 1. The summed E-state index contributed by atoms with van der Waals surface area (Å²) >= 11 is 0. The van der Waals surface area contributed by atoms with E-state index in [-0.39, 0.29) is 18.8 Å². The van der Waals surface area contributed by atoms with Crippen LogP contribution >= 0.6 is 0 Å². The number of esters is 1. The van der Waals surface area contributed by atoms with Crippen molar-refractivity contribution in [2.24, 2.45) is 0 Å². The Bertz CT molecular complexity index is 1260. The summed E-state index contributed by atoms with van der Waals surface area (Å²) in [6, 6.07) is 20.8. The van der Waals surface area contributed by atoms with Crippen LogP contribution in [-0.4, -0.2) is 44.6 Å². The lowest BCUT2D eigenvalue weighted by atomic mass is 10.0. The zero-order valence-corrected chi connectivity index (χ0v) is 19.3. The van der Waals surface area contributed by atoms with E-state index in [1.165, 1.54) is 12.1 Å². The summed E-state index contributed by atoms with van der Waals surface area (Å²) in [5.41, 5.74) is 3.28. The number of nitrogens with one attached hydrogen (secondary N) is 1. The molecule has 0 aliphatic carbocycles. The van der Waals surface area contributed by atoms with Crippen LogP contribution in [0.25, 0.3) is 17.1 Å². The Hall–Kier alpha value is -3.88. The van der Waals surface area contributed by atoms with Gasteiger partial charge in [-0.25, -0.2) is 18.9 Å². The van der Waals surface area contributed by atoms with Crippen molar-refractivity contribution in [3.63, 3.8) is 0 Å². The summed E-state index contributed by atoms with van der Waals surface area (Å²) in [5, 5.41) is 18.6. The number of aliphatic hydroxyl groups is 1. The van der Waals surface area contributed by atoms with Crippen LogP contribution < -0.4 is 5.32 Å². The van der Waals surface area contributed by atoms with E-state index >= 15 is 0 Å². The van der Waals surface area contributed by atoms with Gasteiger partial charge in [-0.3, -0.25) is 0 Å². The van der Waals surface area contributed by atoms with Gasteiger partial charge in [-0.05, 0) is 43.2 Å². The van der Waals surface area contributed by atoms with Gasteiger partial charge in [-0.2, -0.15) is 5.10 Å². The van der Waals surface area contributed by atoms with E-state index in [9.17, 15) is 14.3 Å². The first kappa shape index (κ1) is 24.3. The second kappa shape index (κ2) is 11.5. The van der Waals surface area contributed by atoms with Crippen molar-refractivity contribution in [2.75, 3.05) is 6.61 Å². The van der Waals surface area contributed by atoms with E-state index < -0.39 is 18.1 Å². The topological polar surface area (TPSA) is 89.3 Å². The van der Waals surface area contributed by atoms with Gasteiger partial charge in [0.25, 0.3) is 0 Å². The Morgan fingerprint density at radius 3 is 2.71 bits per heavy atom. The molecule has 0 amide bonds. The van der Waals surface area contributed by atoms with Crippen molar-refractivity contribution in [1.29, 1.82) is 0 Å². The molecule has 2 N–H and O–H groups in total. The minimum Gasteiger partial charge on any atom is -0.464 e. The fourth-order valence-electron chi connectivity index (χ4n) is 3.83. The molecule has 2 atom stereocenters. The van der Waals surface area contributed by atoms with Crippen molar-refractivity contribution in [1.82, 2.24) is 20.1 Å². The molecule has 2 unspecified atom stereocenters. The van der Waals surface area contributed by atoms with Crippen LogP contribution in [0.4, 0.5) is 4.39 Å². The fraction of sp³-hybridized carbons (Fsp3) is 0.222. The van der Waals surface area contributed by atoms with Crippen LogP contribution in [-0.2, 0) is 22.5 Å². The highest BCUT2D eigenvalue weighted by atomic mass is 19.1. The monoisotopic (exact) mass is 474 g/mol. The highest BCUT2D eigenvalue weighted by molar-refractivity contribution is 5.75. The largest absolute Gasteiger partial charge is 0.464 e. The molecule has 35 heavy (non-hydrogen) atoms. The molecule has 7 nitrogen and oxygen atoms in total. The maximum atomic E-state index is 13.7. The number of benzene rings is 2. The Balaban J connectivity index is 1.55. The third-order valence-electron chi connectivity index (χ3n) is 5.55. The Labute approximate surface area is 203 Å². The van der Waals surface area contributed by atoms with E-state index in [0.717, 1.165) is 16.8 Å². The molecule has 2 heterocycles. The van der Waals surface area contributed by atoms with E-state index in [4.69, 9.17) is 4.74 Å². The predicted octanol–water partition coefficient (Wildman–Crippen LogP) is 3.70. The van der Waals surface area contributed by atoms with E-state index in [1.807, 2.05) is 54.7 Å². The second-order valence-electron chi connectivity index (χ2n) is 8.02. The van der Waals surface area contributed by atoms with Gasteiger partial charge in [0.2, 0.25) is 0 Å². The minimum atomic E-state index is -1.42. The molecule has 0 saturated heterocycles. The average molecular weight is 475 g/mol. The zero-order chi connectivity index (χ0) is 24.6. The highest BCUT2D eigenvalue weighted by Crippen LogP contribution is 2.19. The van der Waals surface area contributed by atoms with Crippen LogP contribution in [0.2, 0.25) is 0 Å². The maximum absolute atomic E-state index is 13.7. The van der Waals surface area contributed by atoms with Gasteiger partial charge in [0.15, 0.2) is 11.9 Å². The van der Waals surface area contributed by atoms with Crippen LogP contribution in [0.15, 0.2) is 85.2 Å². The standard InChI is InChI=1S/C27H27FN4O3/c1-2-35-27(34)25(33)24(17-19-8-6-12-22(28)16-19)30-18-21-11-7-14-29-26(21)32-15-13-23(31-32)20-9-4-3-5-10-20/h3-16,24-25,30,33H,2,17-18H2,1H3. The number of aliphatic hydroxyl groups excluding tert-OH is 1. The predicted molar refractivity (Wildman–Crippen MR) is 130 cm³/mol. The van der Waals surface area contributed by atoms with Gasteiger partial charge in [0.1, 0.15) is 5.82 Å². The van der Waals surface area contributed by atoms with Crippen LogP contribution in [0, 0.1) is 5.82 Å². The number of rotatable bonds is 10. The number of carbonyl (C=O) groups is 1. The lowest BCUT2D eigenvalue weighted by molar-refractivity contribution is -0.154. The molecule has 0 radical (unpaired) electrons. The molecule has 2 aromatic heterocycles. The number of aromatic nitrogens is 3. The molecule has 8 heteroatoms. The van der Waals surface area contributed by atoms with Gasteiger partial charge in [0.05, 0.1) is 12.3 Å². The van der Waals surface area contributed by atoms with E-state index in [2.05, 4.69) is 15.4 Å². The number of pyridine rings is 1. The van der Waals surface area contributed by atoms with Gasteiger partial charge < -0.3 is 15.2 Å². The summed E-state index contributed by atoms with van der Waals surface area (Å²) in [5.74, 6) is -0.487. The molecule has 180 valence electrons. The summed E-state index contributed by atoms with van der Waals surface area (Å²) in [6.07, 6.45) is 2.33. The average Bonchev–Trinajstić information content (AvgIpc) is 3.37. The molecule has 2 aromatic carbocycles. The van der Waals surface area contributed by atoms with Gasteiger partial charge in [-0.15, -0.1) is 0 Å². The number of halogens is 1. The first-order valence-corrected chi connectivity index (χ1v) is 11.4. The third-order valence-corrected chi connectivity index (χ3v) is 5.55. The number of ether oxygens (including phenoxy) is 1. The van der Waals surface area contributed by atoms with Gasteiger partial charge >= 0.3 is 5.97 Å². The van der Waals surface area contributed by atoms with Crippen LogP contribution in [0.1, 0.15) is 18.1 Å². The van der Waals surface area contributed by atoms with Crippen molar-refractivity contribution in [2.45, 2.75) is 32.0 Å². The quantitative estimate of drug-likeness (QED) is 0.341. The second-order valence-corrected chi connectivity index (χ2v) is 8.02. The fourth-order valence-corrected chi connectivity index (χ4v) is 3.83. The molecule has 0 fully saturated rings. The van der Waals surface area contributed by atoms with E-state index in [1.54, 1.807) is 29.9 Å². The summed E-state index contributed by atoms with van der Waals surface area (Å²) in [4.78, 5) is 16.8. The lowest BCUT2D eigenvalue weighted by Crippen LogP contribution is -2.46. The van der Waals surface area contributed by atoms with E-state index in [0.29, 0.717) is 17.9 Å². The van der Waals surface area contributed by atoms with Crippen molar-refractivity contribution in [3.8, 4) is 17.1 Å². The smallest absolute Gasteiger partial charge is 0.336 e. The summed E-state index contributed by atoms with van der Waals surface area (Å²) in [7, 11) is 0. The molecular formula is C27H27FN4O3. The third kappa shape index (κ3) is 6.17. The van der Waals surface area contributed by atoms with Crippen LogP contribution in [0.3, 0.4) is 0 Å². The molecule has 0 aliphatic rings. The molecule has 0 aliphatic heterocycles. The van der Waals surface area contributed by atoms with Gasteiger partial charge in [0, 0.05) is 36.1 Å². The number of hydrogen-bond acceptors (Lipinski definition) is 6. The lowest BCUT2D eigenvalue weighted by Gasteiger charge is -2.23. The highest BCUT2D eigenvalue weighted by Gasteiger charge is 2.28. The van der Waals surface area contributed by atoms with Crippen molar-refractivity contribution < 1.29 is 19.0 Å². The zero-order valence-electron chi connectivity index (χ0n) is 19.3. The Kier molecular flexibility index (Phi) is 7.97. The Morgan fingerprint density at radius 2 is 1.94 bits per heavy atom.